The highest BCUT2D eigenvalue weighted by atomic mass is 19.1. The zero-order valence-electron chi connectivity index (χ0n) is 8.72. The lowest BCUT2D eigenvalue weighted by atomic mass is 9.88. The van der Waals surface area contributed by atoms with Crippen LogP contribution in [0.4, 0.5) is 4.39 Å². The Labute approximate surface area is 88.4 Å². The molecule has 0 saturated heterocycles. The summed E-state index contributed by atoms with van der Waals surface area (Å²) in [6, 6.07) is 5.15. The molecule has 0 radical (unpaired) electrons. The van der Waals surface area contributed by atoms with Crippen LogP contribution >= 0.6 is 0 Å². The molecule has 0 aromatic heterocycles. The lowest BCUT2D eigenvalue weighted by Crippen LogP contribution is -2.35. The van der Waals surface area contributed by atoms with Gasteiger partial charge in [0.1, 0.15) is 11.6 Å². The van der Waals surface area contributed by atoms with Crippen molar-refractivity contribution in [3.8, 4) is 5.75 Å². The number of fused-ring (bicyclic) bond motifs is 1. The van der Waals surface area contributed by atoms with Gasteiger partial charge in [-0.15, -0.1) is 0 Å². The van der Waals surface area contributed by atoms with E-state index in [1.54, 1.807) is 0 Å². The molecule has 1 aliphatic heterocycles. The minimum absolute atomic E-state index is 0.227. The van der Waals surface area contributed by atoms with E-state index < -0.39 is 0 Å². The van der Waals surface area contributed by atoms with Gasteiger partial charge in [-0.1, -0.05) is 6.07 Å². The van der Waals surface area contributed by atoms with E-state index in [2.05, 4.69) is 5.32 Å². The van der Waals surface area contributed by atoms with Crippen LogP contribution in [0.2, 0.25) is 0 Å². The number of nitrogens with one attached hydrogen (secondary N) is 1. The topological polar surface area (TPSA) is 21.3 Å². The average molecular weight is 207 g/mol. The van der Waals surface area contributed by atoms with E-state index in [0.29, 0.717) is 11.8 Å². The third-order valence-corrected chi connectivity index (χ3v) is 3.60. The van der Waals surface area contributed by atoms with Crippen molar-refractivity contribution in [1.29, 1.82) is 0 Å². The second kappa shape index (κ2) is 2.95. The molecule has 1 aromatic carbocycles. The summed E-state index contributed by atoms with van der Waals surface area (Å²) in [6.45, 7) is 0.717. The van der Waals surface area contributed by atoms with Crippen molar-refractivity contribution < 1.29 is 9.13 Å². The molecule has 1 saturated carbocycles. The largest absolute Gasteiger partial charge is 0.492 e. The van der Waals surface area contributed by atoms with Crippen molar-refractivity contribution in [2.24, 2.45) is 5.41 Å². The molecule has 1 N–H and O–H groups in total. The van der Waals surface area contributed by atoms with E-state index >= 15 is 0 Å². The van der Waals surface area contributed by atoms with Crippen LogP contribution in [0.1, 0.15) is 24.4 Å². The summed E-state index contributed by atoms with van der Waals surface area (Å²) in [7, 11) is 1.96. The van der Waals surface area contributed by atoms with Gasteiger partial charge in [0.2, 0.25) is 0 Å². The molecule has 3 rings (SSSR count). The Morgan fingerprint density at radius 2 is 2.27 bits per heavy atom. The zero-order chi connectivity index (χ0) is 10.5. The first-order chi connectivity index (χ1) is 7.25. The summed E-state index contributed by atoms with van der Waals surface area (Å²) in [6.07, 6.45) is 2.41. The first-order valence-electron chi connectivity index (χ1n) is 5.35. The maximum atomic E-state index is 13.0. The fourth-order valence-electron chi connectivity index (χ4n) is 2.56. The normalized spacial score (nSPS) is 25.9. The van der Waals surface area contributed by atoms with Gasteiger partial charge >= 0.3 is 0 Å². The summed E-state index contributed by atoms with van der Waals surface area (Å²) in [4.78, 5) is 0. The molecule has 3 heteroatoms. The molecular weight excluding hydrogens is 193 g/mol. The molecule has 15 heavy (non-hydrogen) atoms. The summed E-state index contributed by atoms with van der Waals surface area (Å²) >= 11 is 0. The molecule has 1 aromatic rings. The third kappa shape index (κ3) is 1.26. The fraction of sp³-hybridized carbons (Fsp3) is 0.500. The van der Waals surface area contributed by atoms with E-state index in [4.69, 9.17) is 4.74 Å². The fourth-order valence-corrected chi connectivity index (χ4v) is 2.56. The second-order valence-electron chi connectivity index (χ2n) is 4.55. The van der Waals surface area contributed by atoms with E-state index in [9.17, 15) is 4.39 Å². The van der Waals surface area contributed by atoms with Gasteiger partial charge in [-0.2, -0.15) is 0 Å². The first-order valence-corrected chi connectivity index (χ1v) is 5.35. The SMILES string of the molecule is CNC1c2ccc(F)cc2OCC12CC2. The van der Waals surface area contributed by atoms with Gasteiger partial charge < -0.3 is 10.1 Å². The van der Waals surface area contributed by atoms with Gasteiger partial charge in [-0.25, -0.2) is 4.39 Å². The molecule has 1 atom stereocenters. The zero-order valence-corrected chi connectivity index (χ0v) is 8.72. The molecular formula is C12H14FNO. The van der Waals surface area contributed by atoms with Crippen LogP contribution < -0.4 is 10.1 Å². The first kappa shape index (κ1) is 9.16. The van der Waals surface area contributed by atoms with Gasteiger partial charge in [0.15, 0.2) is 0 Å². The second-order valence-corrected chi connectivity index (χ2v) is 4.55. The van der Waals surface area contributed by atoms with Crippen LogP contribution in [0.3, 0.4) is 0 Å². The molecule has 1 heterocycles. The summed E-state index contributed by atoms with van der Waals surface area (Å²) in [5.74, 6) is 0.474. The molecule has 0 amide bonds. The van der Waals surface area contributed by atoms with Gasteiger partial charge in [0.25, 0.3) is 0 Å². The molecule has 1 fully saturated rings. The Hall–Kier alpha value is -1.09. The Bertz CT molecular complexity index is 401. The molecule has 80 valence electrons. The molecule has 2 nitrogen and oxygen atoms in total. The quantitative estimate of drug-likeness (QED) is 0.762. The van der Waals surface area contributed by atoms with Crippen molar-refractivity contribution >= 4 is 0 Å². The Kier molecular flexibility index (Phi) is 1.80. The Morgan fingerprint density at radius 1 is 1.47 bits per heavy atom. The van der Waals surface area contributed by atoms with Crippen molar-refractivity contribution in [3.63, 3.8) is 0 Å². The Balaban J connectivity index is 2.06. The highest BCUT2D eigenvalue weighted by molar-refractivity contribution is 5.41. The van der Waals surface area contributed by atoms with E-state index in [-0.39, 0.29) is 11.2 Å². The van der Waals surface area contributed by atoms with Crippen molar-refractivity contribution in [2.45, 2.75) is 18.9 Å². The number of hydrogen-bond acceptors (Lipinski definition) is 2. The molecule has 0 bridgehead atoms. The number of hydrogen-bond donors (Lipinski definition) is 1. The number of ether oxygens (including phenoxy) is 1. The Morgan fingerprint density at radius 3 is 2.93 bits per heavy atom. The van der Waals surface area contributed by atoms with Crippen LogP contribution in [0.15, 0.2) is 18.2 Å². The van der Waals surface area contributed by atoms with E-state index in [1.165, 1.54) is 25.0 Å². The van der Waals surface area contributed by atoms with Crippen LogP contribution in [-0.4, -0.2) is 13.7 Å². The lowest BCUT2D eigenvalue weighted by molar-refractivity contribution is 0.162. The smallest absolute Gasteiger partial charge is 0.127 e. The monoisotopic (exact) mass is 207 g/mol. The van der Waals surface area contributed by atoms with Crippen molar-refractivity contribution in [3.05, 3.63) is 29.6 Å². The minimum atomic E-state index is -0.227. The summed E-state index contributed by atoms with van der Waals surface area (Å²) in [5, 5.41) is 3.33. The van der Waals surface area contributed by atoms with Gasteiger partial charge in [-0.3, -0.25) is 0 Å². The highest BCUT2D eigenvalue weighted by Gasteiger charge is 2.53. The molecule has 1 unspecified atom stereocenters. The average Bonchev–Trinajstić information content (AvgIpc) is 2.99. The minimum Gasteiger partial charge on any atom is -0.492 e. The standard InChI is InChI=1S/C12H14FNO/c1-14-11-9-3-2-8(13)6-10(9)15-7-12(11)4-5-12/h2-3,6,11,14H,4-5,7H2,1H3. The van der Waals surface area contributed by atoms with E-state index in [0.717, 1.165) is 12.2 Å². The van der Waals surface area contributed by atoms with E-state index in [1.807, 2.05) is 13.1 Å². The number of halogens is 1. The van der Waals surface area contributed by atoms with Crippen LogP contribution in [-0.2, 0) is 0 Å². The van der Waals surface area contributed by atoms with Crippen LogP contribution in [0.5, 0.6) is 5.75 Å². The molecule has 2 aliphatic rings. The van der Waals surface area contributed by atoms with Crippen LogP contribution in [0, 0.1) is 11.2 Å². The predicted octanol–water partition coefficient (Wildman–Crippen LogP) is 2.26. The van der Waals surface area contributed by atoms with Gasteiger partial charge in [0, 0.05) is 23.1 Å². The van der Waals surface area contributed by atoms with Gasteiger partial charge in [-0.05, 0) is 26.0 Å². The van der Waals surface area contributed by atoms with Crippen molar-refractivity contribution in [2.75, 3.05) is 13.7 Å². The summed E-state index contributed by atoms with van der Waals surface area (Å²) in [5.41, 5.74) is 1.38. The molecule has 1 aliphatic carbocycles. The molecule has 1 spiro atoms. The number of benzene rings is 1. The maximum Gasteiger partial charge on any atom is 0.127 e. The van der Waals surface area contributed by atoms with Crippen LogP contribution in [0.25, 0.3) is 0 Å². The third-order valence-electron chi connectivity index (χ3n) is 3.60. The van der Waals surface area contributed by atoms with Crippen molar-refractivity contribution in [1.82, 2.24) is 5.32 Å². The predicted molar refractivity (Wildman–Crippen MR) is 55.4 cm³/mol. The highest BCUT2D eigenvalue weighted by Crippen LogP contribution is 2.58. The maximum absolute atomic E-state index is 13.0. The summed E-state index contributed by atoms with van der Waals surface area (Å²) < 4.78 is 18.7. The van der Waals surface area contributed by atoms with Gasteiger partial charge in [0.05, 0.1) is 6.61 Å². The number of rotatable bonds is 1. The lowest BCUT2D eigenvalue weighted by Gasteiger charge is -2.33.